The lowest BCUT2D eigenvalue weighted by atomic mass is 10.0. The molecule has 0 unspecified atom stereocenters. The van der Waals surface area contributed by atoms with E-state index in [1.54, 1.807) is 12.1 Å². The zero-order valence-electron chi connectivity index (χ0n) is 14.8. The van der Waals surface area contributed by atoms with E-state index < -0.39 is 15.9 Å². The molecule has 0 amide bonds. The molecule has 27 heavy (non-hydrogen) atoms. The Morgan fingerprint density at radius 2 is 1.93 bits per heavy atom. The van der Waals surface area contributed by atoms with Gasteiger partial charge in [0.05, 0.1) is 35.2 Å². The van der Waals surface area contributed by atoms with Crippen LogP contribution >= 0.6 is 0 Å². The van der Waals surface area contributed by atoms with Gasteiger partial charge in [0.2, 0.25) is 0 Å². The van der Waals surface area contributed by atoms with Gasteiger partial charge >= 0.3 is 0 Å². The number of hydrogen-bond donors (Lipinski definition) is 1. The number of aliphatic hydroxyl groups is 1. The highest BCUT2D eigenvalue weighted by Gasteiger charge is 2.29. The standard InChI is InChI=1S/C20H21FN2O3S/c21-16-7-5-15(6-8-16)19(24)12-23-18-4-2-1-3-17(18)22-20(23)11-14-9-10-27(25,26)13-14/h1-8,14,19,24H,9-13H2/t14-,19+/m1/s1. The van der Waals surface area contributed by atoms with E-state index in [9.17, 15) is 17.9 Å². The molecular formula is C20H21FN2O3S. The zero-order chi connectivity index (χ0) is 19.0. The maximum Gasteiger partial charge on any atom is 0.150 e. The van der Waals surface area contributed by atoms with Crippen LogP contribution in [0.15, 0.2) is 48.5 Å². The Hall–Kier alpha value is -2.25. The maximum atomic E-state index is 13.1. The minimum absolute atomic E-state index is 0.0496. The number of aliphatic hydroxyl groups excluding tert-OH is 1. The van der Waals surface area contributed by atoms with Gasteiger partial charge in [-0.15, -0.1) is 0 Å². The molecule has 1 aliphatic heterocycles. The first kappa shape index (κ1) is 18.1. The lowest BCUT2D eigenvalue weighted by Crippen LogP contribution is -2.15. The van der Waals surface area contributed by atoms with Crippen LogP contribution in [0, 0.1) is 11.7 Å². The SMILES string of the molecule is O=S1(=O)CC[C@H](Cc2nc3ccccc3n2C[C@H](O)c2ccc(F)cc2)C1. The number of imidazole rings is 1. The first-order valence-electron chi connectivity index (χ1n) is 8.99. The van der Waals surface area contributed by atoms with Gasteiger partial charge < -0.3 is 9.67 Å². The number of aromatic nitrogens is 2. The van der Waals surface area contributed by atoms with Crippen LogP contribution in [0.25, 0.3) is 11.0 Å². The van der Waals surface area contributed by atoms with Crippen molar-refractivity contribution in [2.45, 2.75) is 25.5 Å². The Balaban J connectivity index is 1.64. The van der Waals surface area contributed by atoms with Crippen molar-refractivity contribution in [1.29, 1.82) is 0 Å². The molecule has 142 valence electrons. The molecule has 4 rings (SSSR count). The van der Waals surface area contributed by atoms with Gasteiger partial charge in [0.1, 0.15) is 11.6 Å². The molecule has 0 aliphatic carbocycles. The van der Waals surface area contributed by atoms with E-state index in [-0.39, 0.29) is 29.8 Å². The molecule has 3 aromatic rings. The summed E-state index contributed by atoms with van der Waals surface area (Å²) in [6.07, 6.45) is 0.394. The topological polar surface area (TPSA) is 72.2 Å². The predicted octanol–water partition coefficient (Wildman–Crippen LogP) is 2.89. The molecule has 0 saturated carbocycles. The quantitative estimate of drug-likeness (QED) is 0.730. The zero-order valence-corrected chi connectivity index (χ0v) is 15.6. The number of rotatable bonds is 5. The van der Waals surface area contributed by atoms with Crippen LogP contribution in [0.3, 0.4) is 0 Å². The van der Waals surface area contributed by atoms with Crippen LogP contribution in [0.4, 0.5) is 4.39 Å². The monoisotopic (exact) mass is 388 g/mol. The highest BCUT2D eigenvalue weighted by Crippen LogP contribution is 2.27. The molecule has 2 atom stereocenters. The number of hydrogen-bond acceptors (Lipinski definition) is 4. The summed E-state index contributed by atoms with van der Waals surface area (Å²) >= 11 is 0. The van der Waals surface area contributed by atoms with Crippen LogP contribution in [0.1, 0.15) is 23.9 Å². The largest absolute Gasteiger partial charge is 0.387 e. The number of halogens is 1. The second-order valence-electron chi connectivity index (χ2n) is 7.17. The Labute approximate surface area is 157 Å². The Morgan fingerprint density at radius 3 is 2.63 bits per heavy atom. The third kappa shape index (κ3) is 3.89. The fraction of sp³-hybridized carbons (Fsp3) is 0.350. The molecule has 2 aromatic carbocycles. The van der Waals surface area contributed by atoms with Gasteiger partial charge in [-0.25, -0.2) is 17.8 Å². The molecule has 2 heterocycles. The van der Waals surface area contributed by atoms with E-state index in [2.05, 4.69) is 4.98 Å². The van der Waals surface area contributed by atoms with Crippen molar-refractivity contribution in [1.82, 2.24) is 9.55 Å². The Morgan fingerprint density at radius 1 is 1.19 bits per heavy atom. The van der Waals surface area contributed by atoms with Gasteiger partial charge in [0, 0.05) is 6.42 Å². The Bertz CT molecular complexity index is 1060. The molecule has 0 spiro atoms. The summed E-state index contributed by atoms with van der Waals surface area (Å²) in [5, 5.41) is 10.6. The van der Waals surface area contributed by atoms with Crippen LogP contribution in [-0.4, -0.2) is 34.6 Å². The molecule has 1 saturated heterocycles. The van der Waals surface area contributed by atoms with Crippen molar-refractivity contribution in [2.75, 3.05) is 11.5 Å². The highest BCUT2D eigenvalue weighted by molar-refractivity contribution is 7.91. The number of fused-ring (bicyclic) bond motifs is 1. The van der Waals surface area contributed by atoms with Crippen LogP contribution < -0.4 is 0 Å². The van der Waals surface area contributed by atoms with Gasteiger partial charge in [-0.1, -0.05) is 24.3 Å². The van der Waals surface area contributed by atoms with Gasteiger partial charge in [-0.05, 0) is 42.2 Å². The maximum absolute atomic E-state index is 13.1. The second-order valence-corrected chi connectivity index (χ2v) is 9.40. The predicted molar refractivity (Wildman–Crippen MR) is 102 cm³/mol. The summed E-state index contributed by atoms with van der Waals surface area (Å²) < 4.78 is 38.7. The molecular weight excluding hydrogens is 367 g/mol. The van der Waals surface area contributed by atoms with E-state index >= 15 is 0 Å². The van der Waals surface area contributed by atoms with Gasteiger partial charge in [0.25, 0.3) is 0 Å². The fourth-order valence-corrected chi connectivity index (χ4v) is 5.60. The van der Waals surface area contributed by atoms with Gasteiger partial charge in [-0.2, -0.15) is 0 Å². The van der Waals surface area contributed by atoms with Crippen LogP contribution in [0.5, 0.6) is 0 Å². The third-order valence-electron chi connectivity index (χ3n) is 5.14. The Kier molecular flexibility index (Phi) is 4.74. The van der Waals surface area contributed by atoms with Crippen LogP contribution in [-0.2, 0) is 22.8 Å². The summed E-state index contributed by atoms with van der Waals surface area (Å²) in [6.45, 7) is 0.279. The van der Waals surface area contributed by atoms with Crippen molar-refractivity contribution in [3.63, 3.8) is 0 Å². The highest BCUT2D eigenvalue weighted by atomic mass is 32.2. The van der Waals surface area contributed by atoms with E-state index in [4.69, 9.17) is 0 Å². The minimum atomic E-state index is -2.95. The summed E-state index contributed by atoms with van der Waals surface area (Å²) in [4.78, 5) is 4.68. The molecule has 5 nitrogen and oxygen atoms in total. The lowest BCUT2D eigenvalue weighted by molar-refractivity contribution is 0.156. The number of benzene rings is 2. The van der Waals surface area contributed by atoms with E-state index in [0.717, 1.165) is 16.9 Å². The van der Waals surface area contributed by atoms with Gasteiger partial charge in [0.15, 0.2) is 9.84 Å². The number of sulfone groups is 1. The van der Waals surface area contributed by atoms with Crippen LogP contribution in [0.2, 0.25) is 0 Å². The molecule has 1 N–H and O–H groups in total. The summed E-state index contributed by atoms with van der Waals surface area (Å²) in [6, 6.07) is 13.5. The third-order valence-corrected chi connectivity index (χ3v) is 6.98. The van der Waals surface area contributed by atoms with Crippen molar-refractivity contribution >= 4 is 20.9 Å². The second kappa shape index (κ2) is 7.05. The van der Waals surface area contributed by atoms with Crippen molar-refractivity contribution in [3.8, 4) is 0 Å². The molecule has 0 radical (unpaired) electrons. The number of para-hydroxylation sites is 2. The smallest absolute Gasteiger partial charge is 0.150 e. The molecule has 7 heteroatoms. The van der Waals surface area contributed by atoms with Crippen molar-refractivity contribution in [2.24, 2.45) is 5.92 Å². The fourth-order valence-electron chi connectivity index (χ4n) is 3.74. The summed E-state index contributed by atoms with van der Waals surface area (Å²) in [5.74, 6) is 0.905. The van der Waals surface area contributed by atoms with Gasteiger partial charge in [-0.3, -0.25) is 0 Å². The summed E-state index contributed by atoms with van der Waals surface area (Å²) in [7, 11) is -2.95. The average Bonchev–Trinajstić information content (AvgIpc) is 3.15. The molecule has 1 aromatic heterocycles. The normalized spacial score (nSPS) is 20.1. The molecule has 1 fully saturated rings. The first-order chi connectivity index (χ1) is 12.9. The minimum Gasteiger partial charge on any atom is -0.387 e. The van der Waals surface area contributed by atoms with E-state index in [1.807, 2.05) is 28.8 Å². The summed E-state index contributed by atoms with van der Waals surface area (Å²) in [5.41, 5.74) is 2.35. The number of nitrogens with zero attached hydrogens (tertiary/aromatic N) is 2. The van der Waals surface area contributed by atoms with E-state index in [1.165, 1.54) is 12.1 Å². The van der Waals surface area contributed by atoms with Crippen molar-refractivity contribution in [3.05, 3.63) is 65.7 Å². The molecule has 1 aliphatic rings. The van der Waals surface area contributed by atoms with Crippen molar-refractivity contribution < 1.29 is 17.9 Å². The van der Waals surface area contributed by atoms with E-state index in [0.29, 0.717) is 18.4 Å². The lowest BCUT2D eigenvalue weighted by Gasteiger charge is -2.16. The first-order valence-corrected chi connectivity index (χ1v) is 10.8. The average molecular weight is 388 g/mol. The molecule has 0 bridgehead atoms.